The first-order chi connectivity index (χ1) is 28.6. The molecule has 272 valence electrons. The Balaban J connectivity index is 1.01. The molecule has 3 aliphatic carbocycles. The lowest BCUT2D eigenvalue weighted by atomic mass is 9.73. The minimum atomic E-state index is -0.427. The van der Waals surface area contributed by atoms with E-state index in [0.29, 0.717) is 0 Å². The summed E-state index contributed by atoms with van der Waals surface area (Å²) in [4.78, 5) is 5.20. The molecule has 0 radical (unpaired) electrons. The smallest absolute Gasteiger partial charge is 0.135 e. The molecule has 0 saturated heterocycles. The summed E-state index contributed by atoms with van der Waals surface area (Å²) >= 11 is 0. The van der Waals surface area contributed by atoms with Gasteiger partial charge in [-0.05, 0) is 128 Å². The van der Waals surface area contributed by atoms with Crippen molar-refractivity contribution in [3.8, 4) is 89.6 Å². The van der Waals surface area contributed by atoms with Gasteiger partial charge in [0.2, 0.25) is 0 Å². The van der Waals surface area contributed by atoms with Gasteiger partial charge in [-0.2, -0.15) is 0 Å². The van der Waals surface area contributed by atoms with Crippen LogP contribution in [0.2, 0.25) is 0 Å². The number of fused-ring (bicyclic) bond motifs is 5. The molecule has 3 aliphatic rings. The Morgan fingerprint density at radius 3 is 1.67 bits per heavy atom. The lowest BCUT2D eigenvalue weighted by Crippen LogP contribution is -2.23. The number of aromatic nitrogens is 1. The van der Waals surface area contributed by atoms with Gasteiger partial charge < -0.3 is 4.74 Å². The topological polar surface area (TPSA) is 22.1 Å². The number of hydrogen-bond donors (Lipinski definition) is 0. The summed E-state index contributed by atoms with van der Waals surface area (Å²) in [7, 11) is 0. The normalized spacial score (nSPS) is 14.8. The fourth-order valence-corrected chi connectivity index (χ4v) is 10.2. The highest BCUT2D eigenvalue weighted by Gasteiger charge is 2.58. The third-order valence-corrected chi connectivity index (χ3v) is 12.7. The van der Waals surface area contributed by atoms with Crippen molar-refractivity contribution in [3.05, 3.63) is 221 Å². The number of para-hydroxylation sites is 1. The SMILES string of the molecule is Cc1ccccc1Oc1ccc2c3c1-c1c(C)ccc4c1C3(c1ccccc1-4)c1cc(-c3ccc(-c4cc(-c5ccccc5)cc(-c5ccccc5)n4)cc3)ccc1-2. The number of ether oxygens (including phenoxy) is 1. The summed E-state index contributed by atoms with van der Waals surface area (Å²) in [5.41, 5.74) is 24.0. The molecular formula is C56H37NO. The van der Waals surface area contributed by atoms with E-state index in [-0.39, 0.29) is 0 Å². The zero-order valence-corrected chi connectivity index (χ0v) is 32.3. The average molecular weight is 740 g/mol. The van der Waals surface area contributed by atoms with Crippen molar-refractivity contribution in [2.75, 3.05) is 0 Å². The van der Waals surface area contributed by atoms with E-state index in [1.807, 2.05) is 0 Å². The molecule has 1 spiro atoms. The Morgan fingerprint density at radius 2 is 0.914 bits per heavy atom. The zero-order valence-electron chi connectivity index (χ0n) is 32.3. The molecule has 12 rings (SSSR count). The van der Waals surface area contributed by atoms with Crippen LogP contribution in [0, 0.1) is 13.8 Å². The van der Waals surface area contributed by atoms with E-state index in [2.05, 4.69) is 202 Å². The molecule has 1 atom stereocenters. The van der Waals surface area contributed by atoms with E-state index in [4.69, 9.17) is 9.72 Å². The summed E-state index contributed by atoms with van der Waals surface area (Å²) in [5, 5.41) is 0. The largest absolute Gasteiger partial charge is 0.456 e. The molecule has 0 aliphatic heterocycles. The molecule has 0 bridgehead atoms. The number of hydrogen-bond acceptors (Lipinski definition) is 2. The van der Waals surface area contributed by atoms with Crippen LogP contribution in [-0.2, 0) is 5.41 Å². The third-order valence-electron chi connectivity index (χ3n) is 12.7. The minimum absolute atomic E-state index is 0.427. The van der Waals surface area contributed by atoms with Gasteiger partial charge in [-0.3, -0.25) is 0 Å². The molecule has 9 aromatic rings. The fourth-order valence-electron chi connectivity index (χ4n) is 10.2. The van der Waals surface area contributed by atoms with Gasteiger partial charge in [0.1, 0.15) is 11.5 Å². The van der Waals surface area contributed by atoms with Gasteiger partial charge in [0.05, 0.1) is 16.8 Å². The summed E-state index contributed by atoms with van der Waals surface area (Å²) in [6.45, 7) is 4.38. The zero-order chi connectivity index (χ0) is 38.5. The molecular weight excluding hydrogens is 703 g/mol. The van der Waals surface area contributed by atoms with Crippen LogP contribution in [0.25, 0.3) is 78.1 Å². The summed E-state index contributed by atoms with van der Waals surface area (Å²) in [6.07, 6.45) is 0. The number of nitrogens with zero attached hydrogens (tertiary/aromatic N) is 1. The van der Waals surface area contributed by atoms with E-state index >= 15 is 0 Å². The lowest BCUT2D eigenvalue weighted by molar-refractivity contribution is 0.480. The third kappa shape index (κ3) is 4.57. The molecule has 0 N–H and O–H groups in total. The number of pyridine rings is 1. The number of benzene rings is 8. The first kappa shape index (κ1) is 32.9. The van der Waals surface area contributed by atoms with E-state index in [0.717, 1.165) is 45.1 Å². The molecule has 1 aromatic heterocycles. The standard InChI is InChI=1S/C56H37NO/c1-34-13-9-12-20-50(34)58-51-30-29-45-43-28-26-40(31-47(43)56-46-19-11-10-18-42(46)44-27-21-35(2)52(54(44)56)53(51)55(45)56)37-22-24-39(25-23-37)49-33-41(36-14-5-3-6-15-36)32-48(57-49)38-16-7-4-8-17-38/h3-33H,1-2H3. The molecule has 1 heterocycles. The maximum absolute atomic E-state index is 6.89. The predicted octanol–water partition coefficient (Wildman–Crippen LogP) is 14.5. The van der Waals surface area contributed by atoms with E-state index in [1.165, 1.54) is 77.9 Å². The Bertz CT molecular complexity index is 3090. The highest BCUT2D eigenvalue weighted by Crippen LogP contribution is 2.72. The molecule has 58 heavy (non-hydrogen) atoms. The van der Waals surface area contributed by atoms with Crippen LogP contribution in [0.1, 0.15) is 33.4 Å². The molecule has 2 heteroatoms. The molecule has 8 aromatic carbocycles. The number of aryl methyl sites for hydroxylation is 2. The highest BCUT2D eigenvalue weighted by molar-refractivity contribution is 6.08. The molecule has 2 nitrogen and oxygen atoms in total. The van der Waals surface area contributed by atoms with Crippen molar-refractivity contribution in [1.82, 2.24) is 4.98 Å². The van der Waals surface area contributed by atoms with Gasteiger partial charge >= 0.3 is 0 Å². The summed E-state index contributed by atoms with van der Waals surface area (Å²) in [6, 6.07) is 68.1. The van der Waals surface area contributed by atoms with Crippen molar-refractivity contribution in [2.45, 2.75) is 19.3 Å². The molecule has 0 amide bonds. The number of rotatable bonds is 6. The van der Waals surface area contributed by atoms with Crippen molar-refractivity contribution in [3.63, 3.8) is 0 Å². The second kappa shape index (κ2) is 12.4. The van der Waals surface area contributed by atoms with Gasteiger partial charge in [-0.25, -0.2) is 4.98 Å². The van der Waals surface area contributed by atoms with Crippen LogP contribution in [0.5, 0.6) is 11.5 Å². The maximum Gasteiger partial charge on any atom is 0.135 e. The van der Waals surface area contributed by atoms with E-state index in [9.17, 15) is 0 Å². The van der Waals surface area contributed by atoms with Crippen LogP contribution >= 0.6 is 0 Å². The van der Waals surface area contributed by atoms with Crippen molar-refractivity contribution >= 4 is 0 Å². The van der Waals surface area contributed by atoms with E-state index in [1.54, 1.807) is 0 Å². The van der Waals surface area contributed by atoms with Gasteiger partial charge in [-0.1, -0.05) is 158 Å². The van der Waals surface area contributed by atoms with Gasteiger partial charge in [0.15, 0.2) is 0 Å². The van der Waals surface area contributed by atoms with Crippen LogP contribution < -0.4 is 4.74 Å². The van der Waals surface area contributed by atoms with Gasteiger partial charge in [0.25, 0.3) is 0 Å². The Hall–Kier alpha value is -7.29. The maximum atomic E-state index is 6.89. The molecule has 1 unspecified atom stereocenters. The Labute approximate surface area is 338 Å². The van der Waals surface area contributed by atoms with Crippen molar-refractivity contribution in [2.24, 2.45) is 0 Å². The van der Waals surface area contributed by atoms with Crippen molar-refractivity contribution < 1.29 is 4.74 Å². The quantitative estimate of drug-likeness (QED) is 0.169. The minimum Gasteiger partial charge on any atom is -0.456 e. The average Bonchev–Trinajstić information content (AvgIpc) is 3.88. The lowest BCUT2D eigenvalue weighted by Gasteiger charge is -2.27. The van der Waals surface area contributed by atoms with Crippen LogP contribution in [0.3, 0.4) is 0 Å². The summed E-state index contributed by atoms with van der Waals surface area (Å²) < 4.78 is 6.89. The Morgan fingerprint density at radius 1 is 0.362 bits per heavy atom. The van der Waals surface area contributed by atoms with E-state index < -0.39 is 5.41 Å². The fraction of sp³-hybridized carbons (Fsp3) is 0.0536. The van der Waals surface area contributed by atoms with Gasteiger partial charge in [0, 0.05) is 16.7 Å². The van der Waals surface area contributed by atoms with Crippen molar-refractivity contribution in [1.29, 1.82) is 0 Å². The molecule has 0 fully saturated rings. The van der Waals surface area contributed by atoms with Crippen LogP contribution in [0.4, 0.5) is 0 Å². The van der Waals surface area contributed by atoms with Gasteiger partial charge in [-0.15, -0.1) is 0 Å². The highest BCUT2D eigenvalue weighted by atomic mass is 16.5. The second-order valence-corrected chi connectivity index (χ2v) is 15.9. The summed E-state index contributed by atoms with van der Waals surface area (Å²) in [5.74, 6) is 1.81. The Kier molecular flexibility index (Phi) is 7.01. The predicted molar refractivity (Wildman–Crippen MR) is 237 cm³/mol. The molecule has 0 saturated carbocycles. The van der Waals surface area contributed by atoms with Crippen LogP contribution in [-0.4, -0.2) is 4.98 Å². The van der Waals surface area contributed by atoms with Crippen LogP contribution in [0.15, 0.2) is 188 Å². The second-order valence-electron chi connectivity index (χ2n) is 15.9. The first-order valence-electron chi connectivity index (χ1n) is 20.1. The first-order valence-corrected chi connectivity index (χ1v) is 20.1. The monoisotopic (exact) mass is 739 g/mol.